The zero-order chi connectivity index (χ0) is 11.6. The number of ether oxygens (including phenoxy) is 1. The van der Waals surface area contributed by atoms with Gasteiger partial charge in [-0.3, -0.25) is 4.79 Å². The van der Waals surface area contributed by atoms with Crippen LogP contribution in [-0.2, 0) is 9.53 Å². The maximum Gasteiger partial charge on any atom is 0.220 e. The topological polar surface area (TPSA) is 38.3 Å². The fourth-order valence-electron chi connectivity index (χ4n) is 2.47. The van der Waals surface area contributed by atoms with Gasteiger partial charge < -0.3 is 10.1 Å². The molecule has 2 rings (SSSR count). The molecule has 16 heavy (non-hydrogen) atoms. The minimum Gasteiger partial charge on any atom is -0.381 e. The van der Waals surface area contributed by atoms with Crippen molar-refractivity contribution in [3.63, 3.8) is 0 Å². The van der Waals surface area contributed by atoms with E-state index < -0.39 is 0 Å². The van der Waals surface area contributed by atoms with Crippen LogP contribution in [0.5, 0.6) is 0 Å². The third-order valence-corrected chi connectivity index (χ3v) is 4.58. The maximum atomic E-state index is 11.8. The summed E-state index contributed by atoms with van der Waals surface area (Å²) in [4.78, 5) is 11.8. The van der Waals surface area contributed by atoms with Gasteiger partial charge in [-0.15, -0.1) is 0 Å². The van der Waals surface area contributed by atoms with E-state index in [0.29, 0.717) is 18.6 Å². The van der Waals surface area contributed by atoms with Gasteiger partial charge in [-0.1, -0.05) is 0 Å². The minimum atomic E-state index is 0.202. The van der Waals surface area contributed by atoms with Crippen LogP contribution < -0.4 is 5.32 Å². The third-order valence-electron chi connectivity index (χ3n) is 3.91. The lowest BCUT2D eigenvalue weighted by Gasteiger charge is -2.16. The maximum absolute atomic E-state index is 11.8. The second-order valence-corrected chi connectivity index (χ2v) is 5.59. The Labute approximate surface area is 103 Å². The lowest BCUT2D eigenvalue weighted by atomic mass is 10.0. The molecule has 0 aliphatic heterocycles. The lowest BCUT2D eigenvalue weighted by Crippen LogP contribution is -2.35. The first kappa shape index (κ1) is 12.2. The number of amides is 1. The van der Waals surface area contributed by atoms with E-state index in [1.807, 2.05) is 0 Å². The van der Waals surface area contributed by atoms with Gasteiger partial charge in [-0.05, 0) is 43.3 Å². The number of hydrogen-bond acceptors (Lipinski definition) is 3. The molecule has 1 N–H and O–H groups in total. The lowest BCUT2D eigenvalue weighted by molar-refractivity contribution is -0.122. The van der Waals surface area contributed by atoms with Crippen molar-refractivity contribution in [3.8, 4) is 0 Å². The number of rotatable bonds is 5. The van der Waals surface area contributed by atoms with Crippen molar-refractivity contribution in [2.24, 2.45) is 5.41 Å². The molecule has 0 aromatic heterocycles. The molecule has 0 saturated heterocycles. The summed E-state index contributed by atoms with van der Waals surface area (Å²) in [5, 5.41) is 3.12. The van der Waals surface area contributed by atoms with E-state index in [1.54, 1.807) is 7.11 Å². The van der Waals surface area contributed by atoms with Crippen LogP contribution in [-0.4, -0.2) is 30.9 Å². The van der Waals surface area contributed by atoms with Gasteiger partial charge in [-0.25, -0.2) is 0 Å². The summed E-state index contributed by atoms with van der Waals surface area (Å²) in [5.74, 6) is 1.04. The van der Waals surface area contributed by atoms with Gasteiger partial charge in [0.15, 0.2) is 0 Å². The first-order valence-electron chi connectivity index (χ1n) is 6.10. The average Bonchev–Trinajstić information content (AvgIpc) is 2.89. The minimum absolute atomic E-state index is 0.202. The van der Waals surface area contributed by atoms with Crippen LogP contribution in [0.15, 0.2) is 0 Å². The number of hydrogen-bond donors (Lipinski definition) is 2. The molecule has 92 valence electrons. The van der Waals surface area contributed by atoms with Gasteiger partial charge in [0, 0.05) is 19.6 Å². The molecule has 3 nitrogen and oxygen atoms in total. The van der Waals surface area contributed by atoms with E-state index in [4.69, 9.17) is 4.74 Å². The number of methoxy groups -OCH3 is 1. The van der Waals surface area contributed by atoms with Crippen molar-refractivity contribution >= 4 is 18.5 Å². The normalized spacial score (nSPS) is 31.4. The van der Waals surface area contributed by atoms with Crippen LogP contribution >= 0.6 is 12.6 Å². The molecule has 0 heterocycles. The molecule has 0 radical (unpaired) electrons. The summed E-state index contributed by atoms with van der Waals surface area (Å²) in [5.41, 5.74) is 0.229. The van der Waals surface area contributed by atoms with Crippen molar-refractivity contribution in [1.82, 2.24) is 5.32 Å². The summed E-state index contributed by atoms with van der Waals surface area (Å²) in [6.07, 6.45) is 6.41. The molecule has 2 aliphatic rings. The van der Waals surface area contributed by atoms with Crippen molar-refractivity contribution in [2.45, 2.75) is 50.7 Å². The Morgan fingerprint density at radius 1 is 1.50 bits per heavy atom. The summed E-state index contributed by atoms with van der Waals surface area (Å²) in [7, 11) is 1.75. The van der Waals surface area contributed by atoms with E-state index in [2.05, 4.69) is 17.9 Å². The Bertz CT molecular complexity index is 266. The zero-order valence-electron chi connectivity index (χ0n) is 9.87. The van der Waals surface area contributed by atoms with Crippen LogP contribution in [0.1, 0.15) is 38.5 Å². The van der Waals surface area contributed by atoms with Gasteiger partial charge in [0.2, 0.25) is 5.91 Å². The Morgan fingerprint density at radius 3 is 2.75 bits per heavy atom. The standard InChI is InChI=1S/C12H21NO2S/c1-15-10-3-2-9(6-10)13-11(14)7-12(8-16)4-5-12/h9-10,16H,2-8H2,1H3,(H,13,14). The van der Waals surface area contributed by atoms with Gasteiger partial charge in [-0.2, -0.15) is 12.6 Å². The third kappa shape index (κ3) is 2.92. The van der Waals surface area contributed by atoms with E-state index in [-0.39, 0.29) is 11.3 Å². The van der Waals surface area contributed by atoms with Crippen LogP contribution in [0, 0.1) is 5.41 Å². The van der Waals surface area contributed by atoms with Crippen molar-refractivity contribution in [2.75, 3.05) is 12.9 Å². The summed E-state index contributed by atoms with van der Waals surface area (Å²) in [6.45, 7) is 0. The smallest absolute Gasteiger partial charge is 0.220 e. The molecule has 0 bridgehead atoms. The van der Waals surface area contributed by atoms with E-state index in [0.717, 1.165) is 37.9 Å². The molecule has 0 aromatic rings. The molecule has 0 spiro atoms. The van der Waals surface area contributed by atoms with Gasteiger partial charge in [0.05, 0.1) is 6.10 Å². The molecule has 2 aliphatic carbocycles. The van der Waals surface area contributed by atoms with Crippen molar-refractivity contribution < 1.29 is 9.53 Å². The molecule has 0 aromatic carbocycles. The fraction of sp³-hybridized carbons (Fsp3) is 0.917. The van der Waals surface area contributed by atoms with Gasteiger partial charge in [0.25, 0.3) is 0 Å². The highest BCUT2D eigenvalue weighted by Gasteiger charge is 2.43. The molecule has 4 heteroatoms. The van der Waals surface area contributed by atoms with E-state index in [1.165, 1.54) is 0 Å². The zero-order valence-corrected chi connectivity index (χ0v) is 10.8. The fourth-order valence-corrected chi connectivity index (χ4v) is 2.90. The number of thiol groups is 1. The molecule has 2 fully saturated rings. The number of nitrogens with one attached hydrogen (secondary N) is 1. The predicted octanol–water partition coefficient (Wildman–Crippen LogP) is 1.77. The highest BCUT2D eigenvalue weighted by Crippen LogP contribution is 2.49. The highest BCUT2D eigenvalue weighted by molar-refractivity contribution is 7.80. The first-order valence-corrected chi connectivity index (χ1v) is 6.74. The molecular formula is C12H21NO2S. The predicted molar refractivity (Wildman–Crippen MR) is 66.7 cm³/mol. The van der Waals surface area contributed by atoms with Gasteiger partial charge in [0.1, 0.15) is 0 Å². The number of carbonyl (C=O) groups excluding carboxylic acids is 1. The summed E-state index contributed by atoms with van der Waals surface area (Å²) < 4.78 is 5.29. The quantitative estimate of drug-likeness (QED) is 0.722. The van der Waals surface area contributed by atoms with Gasteiger partial charge >= 0.3 is 0 Å². The molecule has 1 amide bonds. The Morgan fingerprint density at radius 2 is 2.25 bits per heavy atom. The molecule has 2 atom stereocenters. The second kappa shape index (κ2) is 4.96. The monoisotopic (exact) mass is 243 g/mol. The van der Waals surface area contributed by atoms with Crippen LogP contribution in [0.25, 0.3) is 0 Å². The van der Waals surface area contributed by atoms with Crippen LogP contribution in [0.3, 0.4) is 0 Å². The Hall–Kier alpha value is -0.220. The Kier molecular flexibility index (Phi) is 3.80. The molecule has 2 saturated carbocycles. The van der Waals surface area contributed by atoms with Crippen molar-refractivity contribution in [3.05, 3.63) is 0 Å². The van der Waals surface area contributed by atoms with Crippen LogP contribution in [0.4, 0.5) is 0 Å². The second-order valence-electron chi connectivity index (χ2n) is 5.27. The summed E-state index contributed by atoms with van der Waals surface area (Å²) in [6, 6.07) is 0.327. The van der Waals surface area contributed by atoms with E-state index in [9.17, 15) is 4.79 Å². The first-order chi connectivity index (χ1) is 7.67. The molecular weight excluding hydrogens is 222 g/mol. The van der Waals surface area contributed by atoms with Crippen molar-refractivity contribution in [1.29, 1.82) is 0 Å². The summed E-state index contributed by atoms with van der Waals surface area (Å²) >= 11 is 4.32. The number of carbonyl (C=O) groups is 1. The molecule has 2 unspecified atom stereocenters. The Balaban J connectivity index is 1.72. The highest BCUT2D eigenvalue weighted by atomic mass is 32.1. The largest absolute Gasteiger partial charge is 0.381 e. The average molecular weight is 243 g/mol. The SMILES string of the molecule is COC1CCC(NC(=O)CC2(CS)CC2)C1. The van der Waals surface area contributed by atoms with E-state index >= 15 is 0 Å². The van der Waals surface area contributed by atoms with Crippen LogP contribution in [0.2, 0.25) is 0 Å².